The standard InChI is InChI=1S/C40H53F2N7O9/c1-40(2,3)37(38-44-32(29-23-28(41)9-10-30(29)42)25-47(38)24-27-7-5-4-6-8-27)49(36(54)26-50)15-13-31(43)39(55)46-45-33(51)14-17-56-19-21-58-22-20-57-18-16-48-34(52)11-12-35(48)53/h4-12,23,25,31,36-37,50,54H,13-22,24,26,43H2,1-3H3,(H,45,51)(H,46,55)/t31-,36?,37-/m0/s1. The van der Waals surface area contributed by atoms with Crippen LogP contribution in [0.25, 0.3) is 11.3 Å². The zero-order valence-electron chi connectivity index (χ0n) is 32.9. The van der Waals surface area contributed by atoms with E-state index >= 15 is 0 Å². The molecule has 0 spiro atoms. The minimum Gasteiger partial charge on any atom is -0.392 e. The minimum absolute atomic E-state index is 0.00553. The lowest BCUT2D eigenvalue weighted by Gasteiger charge is -2.42. The van der Waals surface area contributed by atoms with E-state index in [4.69, 9.17) is 24.9 Å². The lowest BCUT2D eigenvalue weighted by atomic mass is 9.84. The second-order valence-electron chi connectivity index (χ2n) is 14.6. The summed E-state index contributed by atoms with van der Waals surface area (Å²) < 4.78 is 47.2. The number of halogens is 2. The van der Waals surface area contributed by atoms with Crippen LogP contribution < -0.4 is 16.6 Å². The Bertz CT molecular complexity index is 1840. The maximum atomic E-state index is 15.0. The average molecular weight is 814 g/mol. The highest BCUT2D eigenvalue weighted by atomic mass is 19.1. The Balaban J connectivity index is 1.27. The summed E-state index contributed by atoms with van der Waals surface area (Å²) in [4.78, 5) is 55.7. The van der Waals surface area contributed by atoms with Gasteiger partial charge in [-0.25, -0.2) is 13.8 Å². The van der Waals surface area contributed by atoms with E-state index in [0.717, 1.165) is 28.7 Å². The van der Waals surface area contributed by atoms with E-state index in [-0.39, 0.29) is 88.6 Å². The molecule has 0 radical (unpaired) electrons. The van der Waals surface area contributed by atoms with Crippen molar-refractivity contribution in [2.45, 2.75) is 58.5 Å². The normalized spacial score (nSPS) is 14.6. The summed E-state index contributed by atoms with van der Waals surface area (Å²) in [7, 11) is 0. The molecule has 2 aromatic carbocycles. The van der Waals surface area contributed by atoms with Crippen LogP contribution in [0, 0.1) is 17.0 Å². The molecule has 3 atom stereocenters. The number of carbonyl (C=O) groups is 4. The summed E-state index contributed by atoms with van der Waals surface area (Å²) in [6, 6.07) is 10.7. The van der Waals surface area contributed by atoms with Crippen molar-refractivity contribution in [2.24, 2.45) is 11.1 Å². The zero-order valence-corrected chi connectivity index (χ0v) is 32.9. The van der Waals surface area contributed by atoms with Crippen LogP contribution >= 0.6 is 0 Å². The molecule has 4 rings (SSSR count). The van der Waals surface area contributed by atoms with Crippen molar-refractivity contribution in [3.8, 4) is 11.3 Å². The summed E-state index contributed by atoms with van der Waals surface area (Å²) in [6.07, 6.45) is 2.54. The summed E-state index contributed by atoms with van der Waals surface area (Å²) >= 11 is 0. The van der Waals surface area contributed by atoms with E-state index < -0.39 is 53.8 Å². The van der Waals surface area contributed by atoms with Gasteiger partial charge in [0.25, 0.3) is 17.7 Å². The molecule has 1 unspecified atom stereocenters. The van der Waals surface area contributed by atoms with Crippen LogP contribution in [0.15, 0.2) is 66.9 Å². The van der Waals surface area contributed by atoms with Gasteiger partial charge in [-0.05, 0) is 35.6 Å². The number of hydrazine groups is 1. The molecule has 6 N–H and O–H groups in total. The highest BCUT2D eigenvalue weighted by Crippen LogP contribution is 2.40. The smallest absolute Gasteiger partial charge is 0.255 e. The van der Waals surface area contributed by atoms with Gasteiger partial charge in [0.05, 0.1) is 77.0 Å². The summed E-state index contributed by atoms with van der Waals surface area (Å²) in [6.45, 7) is 6.70. The van der Waals surface area contributed by atoms with Crippen LogP contribution in [0.1, 0.15) is 51.0 Å². The van der Waals surface area contributed by atoms with Crippen molar-refractivity contribution < 1.29 is 52.4 Å². The van der Waals surface area contributed by atoms with E-state index in [2.05, 4.69) is 10.9 Å². The first-order valence-corrected chi connectivity index (χ1v) is 18.9. The molecule has 1 aliphatic heterocycles. The topological polar surface area (TPSA) is 211 Å². The molecule has 0 bridgehead atoms. The summed E-state index contributed by atoms with van der Waals surface area (Å²) in [5, 5.41) is 21.3. The third-order valence-corrected chi connectivity index (χ3v) is 9.09. The SMILES string of the molecule is CC(C)(C)[C@H](c1nc(-c2cc(F)ccc2F)cn1Cc1ccccc1)N(CC[C@H](N)C(=O)NNC(=O)CCOCCOCCOCCN1C(=O)C=CC1=O)C(O)CO. The second kappa shape index (κ2) is 22.3. The first-order chi connectivity index (χ1) is 27.7. The van der Waals surface area contributed by atoms with Crippen LogP contribution in [0.5, 0.6) is 0 Å². The highest BCUT2D eigenvalue weighted by Gasteiger charge is 2.39. The molecule has 4 amide bonds. The number of rotatable bonds is 23. The molecule has 16 nitrogen and oxygen atoms in total. The molecule has 0 fully saturated rings. The summed E-state index contributed by atoms with van der Waals surface area (Å²) in [5.74, 6) is -2.86. The van der Waals surface area contributed by atoms with E-state index in [1.54, 1.807) is 15.7 Å². The lowest BCUT2D eigenvalue weighted by Crippen LogP contribution is -2.52. The van der Waals surface area contributed by atoms with Gasteiger partial charge in [-0.3, -0.25) is 39.8 Å². The van der Waals surface area contributed by atoms with Gasteiger partial charge >= 0.3 is 0 Å². The Morgan fingerprint density at radius 3 is 2.21 bits per heavy atom. The number of carbonyl (C=O) groups excluding carboxylic acids is 4. The zero-order chi connectivity index (χ0) is 42.2. The predicted octanol–water partition coefficient (Wildman–Crippen LogP) is 1.81. The van der Waals surface area contributed by atoms with E-state index in [1.807, 2.05) is 51.1 Å². The van der Waals surface area contributed by atoms with Gasteiger partial charge in [-0.15, -0.1) is 0 Å². The summed E-state index contributed by atoms with van der Waals surface area (Å²) in [5.41, 5.74) is 11.2. The average Bonchev–Trinajstić information content (AvgIpc) is 3.75. The molecule has 58 heavy (non-hydrogen) atoms. The molecule has 1 aliphatic rings. The van der Waals surface area contributed by atoms with E-state index in [1.165, 1.54) is 12.2 Å². The second-order valence-corrected chi connectivity index (χ2v) is 14.6. The van der Waals surface area contributed by atoms with Crippen LogP contribution in [0.3, 0.4) is 0 Å². The quantitative estimate of drug-likeness (QED) is 0.0402. The monoisotopic (exact) mass is 813 g/mol. The van der Waals surface area contributed by atoms with Crippen molar-refractivity contribution >= 4 is 23.6 Å². The largest absolute Gasteiger partial charge is 0.392 e. The number of aliphatic hydroxyl groups is 2. The molecule has 0 saturated heterocycles. The number of amides is 4. The number of imide groups is 1. The van der Waals surface area contributed by atoms with Gasteiger partial charge < -0.3 is 34.7 Å². The van der Waals surface area contributed by atoms with Crippen LogP contribution in [0.4, 0.5) is 8.78 Å². The molecular formula is C40H53F2N7O9. The number of aromatic nitrogens is 2. The van der Waals surface area contributed by atoms with Crippen LogP contribution in [-0.2, 0) is 39.9 Å². The number of hydrogen-bond donors (Lipinski definition) is 5. The van der Waals surface area contributed by atoms with E-state index in [9.17, 15) is 38.2 Å². The van der Waals surface area contributed by atoms with Crippen molar-refractivity contribution in [2.75, 3.05) is 59.3 Å². The third kappa shape index (κ3) is 13.6. The van der Waals surface area contributed by atoms with Gasteiger partial charge in [0, 0.05) is 37.0 Å². The predicted molar refractivity (Wildman–Crippen MR) is 207 cm³/mol. The van der Waals surface area contributed by atoms with Crippen molar-refractivity contribution in [3.05, 3.63) is 89.9 Å². The fourth-order valence-corrected chi connectivity index (χ4v) is 6.19. The fraction of sp³-hybridized carbons (Fsp3) is 0.475. The number of imidazole rings is 1. The maximum absolute atomic E-state index is 15.0. The van der Waals surface area contributed by atoms with Gasteiger partial charge in [-0.1, -0.05) is 51.1 Å². The number of benzene rings is 2. The van der Waals surface area contributed by atoms with Crippen molar-refractivity contribution in [1.29, 1.82) is 0 Å². The highest BCUT2D eigenvalue weighted by molar-refractivity contribution is 6.12. The Morgan fingerprint density at radius 2 is 1.57 bits per heavy atom. The van der Waals surface area contributed by atoms with Crippen molar-refractivity contribution in [3.63, 3.8) is 0 Å². The van der Waals surface area contributed by atoms with Crippen LogP contribution in [0.2, 0.25) is 0 Å². The Hall–Kier alpha value is -4.95. The molecule has 3 aromatic rings. The molecular weight excluding hydrogens is 760 g/mol. The molecule has 1 aromatic heterocycles. The fourth-order valence-electron chi connectivity index (χ4n) is 6.19. The Morgan fingerprint density at radius 1 is 0.931 bits per heavy atom. The lowest BCUT2D eigenvalue weighted by molar-refractivity contribution is -0.137. The van der Waals surface area contributed by atoms with Crippen LogP contribution in [-0.4, -0.2) is 125 Å². The van der Waals surface area contributed by atoms with E-state index in [0.29, 0.717) is 12.4 Å². The van der Waals surface area contributed by atoms with Gasteiger partial charge in [-0.2, -0.15) is 0 Å². The molecule has 2 heterocycles. The third-order valence-electron chi connectivity index (χ3n) is 9.09. The molecule has 18 heteroatoms. The Labute approximate surface area is 335 Å². The molecule has 0 aliphatic carbocycles. The van der Waals surface area contributed by atoms with Gasteiger partial charge in [0.2, 0.25) is 5.91 Å². The number of aliphatic hydroxyl groups excluding tert-OH is 2. The maximum Gasteiger partial charge on any atom is 0.255 e. The minimum atomic E-state index is -1.42. The number of nitrogens with zero attached hydrogens (tertiary/aromatic N) is 4. The first-order valence-electron chi connectivity index (χ1n) is 18.9. The first kappa shape index (κ1) is 45.7. The molecule has 316 valence electrons. The van der Waals surface area contributed by atoms with Gasteiger partial charge in [0.1, 0.15) is 23.7 Å². The number of hydrogen-bond acceptors (Lipinski definition) is 12. The number of ether oxygens (including phenoxy) is 3. The van der Waals surface area contributed by atoms with Crippen molar-refractivity contribution in [1.82, 2.24) is 30.2 Å². The Kier molecular flexibility index (Phi) is 17.6. The molecule has 0 saturated carbocycles. The number of nitrogens with two attached hydrogens (primary N) is 1. The van der Waals surface area contributed by atoms with Gasteiger partial charge in [0.15, 0.2) is 0 Å². The number of nitrogens with one attached hydrogen (secondary N) is 2.